The third kappa shape index (κ3) is 3.44. The van der Waals surface area contributed by atoms with Gasteiger partial charge in [0.05, 0.1) is 6.04 Å². The van der Waals surface area contributed by atoms with Crippen LogP contribution in [-0.2, 0) is 4.74 Å². The first-order valence-electron chi connectivity index (χ1n) is 10.1. The average Bonchev–Trinajstić information content (AvgIpc) is 2.61. The summed E-state index contributed by atoms with van der Waals surface area (Å²) < 4.78 is 5.33. The third-order valence-electron chi connectivity index (χ3n) is 7.24. The number of aliphatic hydroxyl groups is 2. The molecule has 8 atom stereocenters. The second kappa shape index (κ2) is 7.45. The molecule has 0 aromatic carbocycles. The highest BCUT2D eigenvalue weighted by molar-refractivity contribution is 5.01. The molecule has 4 heteroatoms. The molecule has 0 bridgehead atoms. The van der Waals surface area contributed by atoms with Gasteiger partial charge in [-0.1, -0.05) is 25.0 Å². The van der Waals surface area contributed by atoms with Crippen molar-refractivity contribution in [3.8, 4) is 0 Å². The van der Waals surface area contributed by atoms with E-state index in [0.717, 1.165) is 37.0 Å². The van der Waals surface area contributed by atoms with Crippen molar-refractivity contribution in [2.75, 3.05) is 6.61 Å². The molecule has 0 radical (unpaired) electrons. The van der Waals surface area contributed by atoms with Crippen LogP contribution in [0.5, 0.6) is 0 Å². The highest BCUT2D eigenvalue weighted by Gasteiger charge is 2.44. The van der Waals surface area contributed by atoms with E-state index in [1.807, 2.05) is 0 Å². The smallest absolute Gasteiger partial charge is 0.169 e. The lowest BCUT2D eigenvalue weighted by Crippen LogP contribution is -2.54. The molecule has 1 aliphatic heterocycles. The highest BCUT2D eigenvalue weighted by atomic mass is 16.6. The van der Waals surface area contributed by atoms with Crippen LogP contribution in [0.15, 0.2) is 12.2 Å². The van der Waals surface area contributed by atoms with Gasteiger partial charge in [-0.05, 0) is 68.6 Å². The van der Waals surface area contributed by atoms with Crippen molar-refractivity contribution in [3.63, 3.8) is 0 Å². The molecule has 0 spiro atoms. The first-order valence-corrected chi connectivity index (χ1v) is 10.1. The molecule has 3 N–H and O–H groups in total. The first-order chi connectivity index (χ1) is 11.7. The zero-order chi connectivity index (χ0) is 16.5. The van der Waals surface area contributed by atoms with Crippen LogP contribution in [0.1, 0.15) is 57.8 Å². The van der Waals surface area contributed by atoms with Crippen molar-refractivity contribution in [3.05, 3.63) is 12.2 Å². The fraction of sp³-hybridized carbons (Fsp3) is 0.900. The molecule has 0 aromatic rings. The fourth-order valence-electron chi connectivity index (χ4n) is 5.96. The molecular formula is C20H33NO3. The van der Waals surface area contributed by atoms with Gasteiger partial charge in [-0.3, -0.25) is 5.32 Å². The minimum atomic E-state index is -0.771. The summed E-state index contributed by atoms with van der Waals surface area (Å²) in [4.78, 5) is 0. The Morgan fingerprint density at radius 2 is 1.75 bits per heavy atom. The zero-order valence-corrected chi connectivity index (χ0v) is 14.6. The van der Waals surface area contributed by atoms with Crippen LogP contribution in [0, 0.1) is 29.6 Å². The number of ether oxygens (including phenoxy) is 1. The van der Waals surface area contributed by atoms with Gasteiger partial charge >= 0.3 is 0 Å². The minimum Gasteiger partial charge on any atom is -0.378 e. The van der Waals surface area contributed by atoms with Crippen LogP contribution in [0.25, 0.3) is 0 Å². The SMILES string of the molecule is OC(NC1CCCOC1O)C1CCCC2CC3CC=CCC3CC21. The lowest BCUT2D eigenvalue weighted by Gasteiger charge is -2.49. The maximum atomic E-state index is 10.9. The summed E-state index contributed by atoms with van der Waals surface area (Å²) in [5, 5.41) is 24.2. The van der Waals surface area contributed by atoms with Crippen LogP contribution in [0.2, 0.25) is 0 Å². The van der Waals surface area contributed by atoms with Gasteiger partial charge in [-0.15, -0.1) is 0 Å². The summed E-state index contributed by atoms with van der Waals surface area (Å²) in [5.74, 6) is 3.49. The van der Waals surface area contributed by atoms with E-state index in [1.165, 1.54) is 38.5 Å². The number of allylic oxidation sites excluding steroid dienone is 2. The number of aliphatic hydroxyl groups excluding tert-OH is 2. The lowest BCUT2D eigenvalue weighted by atomic mass is 9.57. The summed E-state index contributed by atoms with van der Waals surface area (Å²) in [7, 11) is 0. The third-order valence-corrected chi connectivity index (χ3v) is 7.24. The van der Waals surface area contributed by atoms with E-state index in [4.69, 9.17) is 4.74 Å². The Bertz CT molecular complexity index is 454. The van der Waals surface area contributed by atoms with Gasteiger partial charge in [0.1, 0.15) is 6.23 Å². The molecule has 3 aliphatic carbocycles. The average molecular weight is 335 g/mol. The predicted octanol–water partition coefficient (Wildman–Crippen LogP) is 2.80. The lowest BCUT2D eigenvalue weighted by molar-refractivity contribution is -0.155. The van der Waals surface area contributed by atoms with E-state index < -0.39 is 12.5 Å². The molecule has 3 fully saturated rings. The highest BCUT2D eigenvalue weighted by Crippen LogP contribution is 2.51. The Balaban J connectivity index is 1.41. The van der Waals surface area contributed by atoms with E-state index in [2.05, 4.69) is 17.5 Å². The molecule has 0 aromatic heterocycles. The molecule has 24 heavy (non-hydrogen) atoms. The second-order valence-electron chi connectivity index (χ2n) is 8.57. The van der Waals surface area contributed by atoms with Crippen molar-refractivity contribution in [2.24, 2.45) is 29.6 Å². The summed E-state index contributed by atoms with van der Waals surface area (Å²) in [5.41, 5.74) is 0. The van der Waals surface area contributed by atoms with E-state index in [-0.39, 0.29) is 6.04 Å². The van der Waals surface area contributed by atoms with Crippen LogP contribution < -0.4 is 5.32 Å². The number of nitrogens with one attached hydrogen (secondary N) is 1. The molecule has 4 rings (SSSR count). The van der Waals surface area contributed by atoms with Gasteiger partial charge in [0.25, 0.3) is 0 Å². The summed E-state index contributed by atoms with van der Waals surface area (Å²) in [6, 6.07) is -0.122. The Labute approximate surface area is 145 Å². The molecule has 8 unspecified atom stereocenters. The molecule has 0 amide bonds. The zero-order valence-electron chi connectivity index (χ0n) is 14.6. The number of hydrogen-bond donors (Lipinski definition) is 3. The van der Waals surface area contributed by atoms with Gasteiger partial charge < -0.3 is 14.9 Å². The van der Waals surface area contributed by atoms with Gasteiger partial charge in [0, 0.05) is 12.5 Å². The Morgan fingerprint density at radius 3 is 2.54 bits per heavy atom. The van der Waals surface area contributed by atoms with Crippen molar-refractivity contribution >= 4 is 0 Å². The van der Waals surface area contributed by atoms with Crippen molar-refractivity contribution in [2.45, 2.75) is 76.3 Å². The van der Waals surface area contributed by atoms with Gasteiger partial charge in [0.2, 0.25) is 0 Å². The van der Waals surface area contributed by atoms with E-state index in [0.29, 0.717) is 18.4 Å². The molecule has 1 saturated heterocycles. The Kier molecular flexibility index (Phi) is 5.28. The number of fused-ring (bicyclic) bond motifs is 2. The maximum absolute atomic E-state index is 10.9. The first kappa shape index (κ1) is 17.0. The van der Waals surface area contributed by atoms with Crippen LogP contribution >= 0.6 is 0 Å². The molecule has 4 nitrogen and oxygen atoms in total. The second-order valence-corrected chi connectivity index (χ2v) is 8.57. The standard InChI is InChI=1S/C20H33NO3/c22-19(21-18-9-4-10-24-20(18)23)16-8-3-7-15-11-13-5-1-2-6-14(13)12-17(15)16/h1-2,13-23H,3-12H2. The monoisotopic (exact) mass is 335 g/mol. The van der Waals surface area contributed by atoms with E-state index >= 15 is 0 Å². The van der Waals surface area contributed by atoms with Crippen molar-refractivity contribution in [1.29, 1.82) is 0 Å². The number of rotatable bonds is 3. The Morgan fingerprint density at radius 1 is 0.958 bits per heavy atom. The predicted molar refractivity (Wildman–Crippen MR) is 93.0 cm³/mol. The molecule has 4 aliphatic rings. The minimum absolute atomic E-state index is 0.122. The van der Waals surface area contributed by atoms with Crippen molar-refractivity contribution < 1.29 is 14.9 Å². The summed E-state index contributed by atoms with van der Waals surface area (Å²) in [6.07, 6.45) is 14.1. The fourth-order valence-corrected chi connectivity index (χ4v) is 5.96. The Hall–Kier alpha value is -0.420. The maximum Gasteiger partial charge on any atom is 0.169 e. The van der Waals surface area contributed by atoms with Crippen LogP contribution in [0.3, 0.4) is 0 Å². The topological polar surface area (TPSA) is 61.7 Å². The van der Waals surface area contributed by atoms with E-state index in [9.17, 15) is 10.2 Å². The van der Waals surface area contributed by atoms with Gasteiger partial charge in [-0.25, -0.2) is 0 Å². The summed E-state index contributed by atoms with van der Waals surface area (Å²) >= 11 is 0. The molecule has 136 valence electrons. The van der Waals surface area contributed by atoms with Gasteiger partial charge in [-0.2, -0.15) is 0 Å². The normalized spacial score (nSPS) is 46.8. The van der Waals surface area contributed by atoms with Crippen LogP contribution in [-0.4, -0.2) is 35.4 Å². The van der Waals surface area contributed by atoms with Gasteiger partial charge in [0.15, 0.2) is 6.29 Å². The van der Waals surface area contributed by atoms with Crippen molar-refractivity contribution in [1.82, 2.24) is 5.32 Å². The van der Waals surface area contributed by atoms with Crippen LogP contribution in [0.4, 0.5) is 0 Å². The molecule has 1 heterocycles. The quantitative estimate of drug-likeness (QED) is 0.548. The van der Waals surface area contributed by atoms with E-state index in [1.54, 1.807) is 0 Å². The summed E-state index contributed by atoms with van der Waals surface area (Å²) in [6.45, 7) is 0.625. The molecular weight excluding hydrogens is 302 g/mol. The molecule has 2 saturated carbocycles. The largest absolute Gasteiger partial charge is 0.378 e. The number of hydrogen-bond acceptors (Lipinski definition) is 4.